The van der Waals surface area contributed by atoms with E-state index in [0.717, 1.165) is 29.9 Å². The van der Waals surface area contributed by atoms with Crippen molar-refractivity contribution in [3.63, 3.8) is 0 Å². The molecule has 0 amide bonds. The van der Waals surface area contributed by atoms with E-state index in [-0.39, 0.29) is 5.82 Å². The Morgan fingerprint density at radius 2 is 2.00 bits per heavy atom. The maximum atomic E-state index is 13.5. The summed E-state index contributed by atoms with van der Waals surface area (Å²) in [6.45, 7) is 4.29. The molecule has 2 heterocycles. The fourth-order valence-electron chi connectivity index (χ4n) is 3.92. The highest BCUT2D eigenvalue weighted by Gasteiger charge is 2.36. The third kappa shape index (κ3) is 5.42. The fraction of sp³-hybridized carbons (Fsp3) is 0.385. The lowest BCUT2D eigenvalue weighted by atomic mass is 9.94. The van der Waals surface area contributed by atoms with Crippen molar-refractivity contribution in [3.8, 4) is 17.3 Å². The Morgan fingerprint density at radius 1 is 1.18 bits per heavy atom. The SMILES string of the molecule is COC(=C1CC1)C(C)(Cc1ccc(OCCc2nc(-c3cccc(F)c3)oc2C)nc1)OC. The summed E-state index contributed by atoms with van der Waals surface area (Å²) in [5, 5.41) is 0. The van der Waals surface area contributed by atoms with Gasteiger partial charge in [-0.1, -0.05) is 12.1 Å². The Labute approximate surface area is 193 Å². The molecule has 0 spiro atoms. The predicted octanol–water partition coefficient (Wildman–Crippen LogP) is 5.45. The number of aryl methyl sites for hydroxylation is 1. The average molecular weight is 453 g/mol. The van der Waals surface area contributed by atoms with Crippen molar-refractivity contribution in [2.24, 2.45) is 0 Å². The molecular formula is C26H29FN2O4. The van der Waals surface area contributed by atoms with Crippen LogP contribution in [0.4, 0.5) is 4.39 Å². The van der Waals surface area contributed by atoms with Gasteiger partial charge in [-0.2, -0.15) is 0 Å². The van der Waals surface area contributed by atoms with Gasteiger partial charge in [0.25, 0.3) is 0 Å². The zero-order valence-corrected chi connectivity index (χ0v) is 19.5. The normalized spacial score (nSPS) is 14.6. The quantitative estimate of drug-likeness (QED) is 0.381. The van der Waals surface area contributed by atoms with Crippen LogP contribution in [-0.4, -0.2) is 36.4 Å². The summed E-state index contributed by atoms with van der Waals surface area (Å²) in [7, 11) is 3.41. The molecule has 0 saturated heterocycles. The van der Waals surface area contributed by atoms with Crippen molar-refractivity contribution < 1.29 is 23.0 Å². The molecule has 1 atom stereocenters. The van der Waals surface area contributed by atoms with Crippen LogP contribution in [0.25, 0.3) is 11.5 Å². The van der Waals surface area contributed by atoms with Gasteiger partial charge in [-0.3, -0.25) is 0 Å². The van der Waals surface area contributed by atoms with Crippen LogP contribution >= 0.6 is 0 Å². The van der Waals surface area contributed by atoms with E-state index in [1.165, 1.54) is 17.7 Å². The van der Waals surface area contributed by atoms with E-state index < -0.39 is 5.60 Å². The molecule has 0 bridgehead atoms. The molecule has 1 saturated carbocycles. The van der Waals surface area contributed by atoms with Crippen molar-refractivity contribution >= 4 is 0 Å². The van der Waals surface area contributed by atoms with Gasteiger partial charge in [-0.15, -0.1) is 0 Å². The van der Waals surface area contributed by atoms with Crippen molar-refractivity contribution in [2.75, 3.05) is 20.8 Å². The summed E-state index contributed by atoms with van der Waals surface area (Å²) in [6.07, 6.45) is 5.16. The number of ether oxygens (including phenoxy) is 3. The van der Waals surface area contributed by atoms with Gasteiger partial charge < -0.3 is 18.6 Å². The van der Waals surface area contributed by atoms with E-state index in [1.807, 2.05) is 26.0 Å². The second kappa shape index (κ2) is 9.75. The molecule has 1 unspecified atom stereocenters. The molecule has 1 aromatic carbocycles. The first-order valence-corrected chi connectivity index (χ1v) is 11.0. The van der Waals surface area contributed by atoms with E-state index in [4.69, 9.17) is 18.6 Å². The zero-order chi connectivity index (χ0) is 23.4. The van der Waals surface area contributed by atoms with Gasteiger partial charge in [0.15, 0.2) is 0 Å². The van der Waals surface area contributed by atoms with Crippen LogP contribution in [0.3, 0.4) is 0 Å². The summed E-state index contributed by atoms with van der Waals surface area (Å²) >= 11 is 0. The predicted molar refractivity (Wildman–Crippen MR) is 122 cm³/mol. The molecule has 7 heteroatoms. The highest BCUT2D eigenvalue weighted by atomic mass is 19.1. The number of rotatable bonds is 10. The van der Waals surface area contributed by atoms with Gasteiger partial charge in [0.1, 0.15) is 22.9 Å². The molecule has 1 fully saturated rings. The van der Waals surface area contributed by atoms with Crippen molar-refractivity contribution in [3.05, 3.63) is 76.8 Å². The smallest absolute Gasteiger partial charge is 0.226 e. The number of hydrogen-bond donors (Lipinski definition) is 0. The molecule has 0 aliphatic heterocycles. The Kier molecular flexibility index (Phi) is 6.79. The van der Waals surface area contributed by atoms with Crippen molar-refractivity contribution in [1.82, 2.24) is 9.97 Å². The molecule has 4 rings (SSSR count). The lowest BCUT2D eigenvalue weighted by Crippen LogP contribution is -2.34. The molecule has 6 nitrogen and oxygen atoms in total. The Balaban J connectivity index is 1.34. The van der Waals surface area contributed by atoms with Gasteiger partial charge in [-0.05, 0) is 56.0 Å². The van der Waals surface area contributed by atoms with Crippen molar-refractivity contribution in [1.29, 1.82) is 0 Å². The second-order valence-corrected chi connectivity index (χ2v) is 8.38. The first-order chi connectivity index (χ1) is 15.9. The number of hydrogen-bond acceptors (Lipinski definition) is 6. The summed E-state index contributed by atoms with van der Waals surface area (Å²) in [4.78, 5) is 8.93. The first-order valence-electron chi connectivity index (χ1n) is 11.0. The molecule has 3 aromatic rings. The monoisotopic (exact) mass is 452 g/mol. The third-order valence-corrected chi connectivity index (χ3v) is 5.85. The summed E-state index contributed by atoms with van der Waals surface area (Å²) in [6, 6.07) is 10.1. The Bertz CT molecular complexity index is 1130. The maximum absolute atomic E-state index is 13.5. The number of nitrogens with zero attached hydrogens (tertiary/aromatic N) is 2. The topological polar surface area (TPSA) is 66.6 Å². The Morgan fingerprint density at radius 3 is 2.64 bits per heavy atom. The average Bonchev–Trinajstić information content (AvgIpc) is 3.57. The molecular weight excluding hydrogens is 423 g/mol. The lowest BCUT2D eigenvalue weighted by Gasteiger charge is -2.30. The first kappa shape index (κ1) is 23.0. The summed E-state index contributed by atoms with van der Waals surface area (Å²) < 4.78 is 36.4. The molecule has 2 aromatic heterocycles. The molecule has 1 aliphatic rings. The minimum Gasteiger partial charge on any atom is -0.498 e. The van der Waals surface area contributed by atoms with E-state index in [1.54, 1.807) is 32.5 Å². The van der Waals surface area contributed by atoms with E-state index in [0.29, 0.717) is 42.5 Å². The van der Waals surface area contributed by atoms with Crippen LogP contribution < -0.4 is 4.74 Å². The maximum Gasteiger partial charge on any atom is 0.226 e. The standard InChI is InChI=1S/C26H29FN2O4/c1-17-22(29-25(33-17)20-6-5-7-21(27)14-20)12-13-32-23-11-8-18(16-28-23)15-26(2,31-4)24(30-3)19-9-10-19/h5-8,11,14,16H,9-10,12-13,15H2,1-4H3. The van der Waals surface area contributed by atoms with E-state index >= 15 is 0 Å². The van der Waals surface area contributed by atoms with Gasteiger partial charge in [0, 0.05) is 37.8 Å². The number of halogens is 1. The van der Waals surface area contributed by atoms with Crippen LogP contribution in [0.15, 0.2) is 58.3 Å². The second-order valence-electron chi connectivity index (χ2n) is 8.38. The van der Waals surface area contributed by atoms with Crippen LogP contribution in [0.5, 0.6) is 5.88 Å². The molecule has 33 heavy (non-hydrogen) atoms. The number of pyridine rings is 1. The highest BCUT2D eigenvalue weighted by molar-refractivity contribution is 5.53. The number of methoxy groups -OCH3 is 2. The van der Waals surface area contributed by atoms with Crippen LogP contribution in [0.1, 0.15) is 36.8 Å². The molecule has 1 aliphatic carbocycles. The van der Waals surface area contributed by atoms with Crippen LogP contribution in [-0.2, 0) is 22.3 Å². The largest absolute Gasteiger partial charge is 0.498 e. The zero-order valence-electron chi connectivity index (χ0n) is 19.5. The highest BCUT2D eigenvalue weighted by Crippen LogP contribution is 2.39. The lowest BCUT2D eigenvalue weighted by molar-refractivity contribution is -0.00526. The van der Waals surface area contributed by atoms with E-state index in [9.17, 15) is 4.39 Å². The summed E-state index contributed by atoms with van der Waals surface area (Å²) in [5.41, 5.74) is 3.23. The fourth-order valence-corrected chi connectivity index (χ4v) is 3.92. The van der Waals surface area contributed by atoms with E-state index in [2.05, 4.69) is 9.97 Å². The van der Waals surface area contributed by atoms with Gasteiger partial charge in [-0.25, -0.2) is 14.4 Å². The third-order valence-electron chi connectivity index (χ3n) is 5.85. The van der Waals surface area contributed by atoms with Gasteiger partial charge in [0.05, 0.1) is 19.4 Å². The van der Waals surface area contributed by atoms with Gasteiger partial charge >= 0.3 is 0 Å². The molecule has 174 valence electrons. The Hall–Kier alpha value is -3.19. The number of aromatic nitrogens is 2. The number of oxazole rings is 1. The van der Waals surface area contributed by atoms with Crippen LogP contribution in [0.2, 0.25) is 0 Å². The number of allylic oxidation sites excluding steroid dienone is 1. The molecule has 0 N–H and O–H groups in total. The molecule has 0 radical (unpaired) electrons. The number of benzene rings is 1. The van der Waals surface area contributed by atoms with Crippen LogP contribution in [0, 0.1) is 12.7 Å². The van der Waals surface area contributed by atoms with Gasteiger partial charge in [0.2, 0.25) is 11.8 Å². The minimum atomic E-state index is -0.519. The van der Waals surface area contributed by atoms with Crippen molar-refractivity contribution in [2.45, 2.75) is 45.1 Å². The summed E-state index contributed by atoms with van der Waals surface area (Å²) in [5.74, 6) is 2.24. The minimum absolute atomic E-state index is 0.323.